The Hall–Kier alpha value is -1.85. The van der Waals surface area contributed by atoms with Crippen LogP contribution in [0.5, 0.6) is 5.88 Å². The second kappa shape index (κ2) is 7.56. The maximum absolute atomic E-state index is 11.3. The van der Waals surface area contributed by atoms with E-state index in [1.807, 2.05) is 25.8 Å². The first-order valence-electron chi connectivity index (χ1n) is 6.38. The van der Waals surface area contributed by atoms with Crippen molar-refractivity contribution in [2.45, 2.75) is 33.3 Å². The predicted octanol–water partition coefficient (Wildman–Crippen LogP) is 1.65. The van der Waals surface area contributed by atoms with Crippen molar-refractivity contribution in [2.24, 2.45) is 0 Å². The van der Waals surface area contributed by atoms with Gasteiger partial charge in [0.05, 0.1) is 19.1 Å². The molecule has 0 unspecified atom stereocenters. The number of hydrogen-bond acceptors (Lipinski definition) is 6. The Kier molecular flexibility index (Phi) is 6.05. The minimum absolute atomic E-state index is 0.0626. The lowest BCUT2D eigenvalue weighted by Gasteiger charge is -2.18. The number of hydrogen-bond donors (Lipinski definition) is 0. The minimum Gasteiger partial charge on any atom is -0.475 e. The van der Waals surface area contributed by atoms with E-state index in [0.29, 0.717) is 25.5 Å². The summed E-state index contributed by atoms with van der Waals surface area (Å²) in [5, 5.41) is 0. The Morgan fingerprint density at radius 3 is 2.79 bits per heavy atom. The molecule has 0 amide bonds. The van der Waals surface area contributed by atoms with E-state index in [1.54, 1.807) is 13.0 Å². The van der Waals surface area contributed by atoms with Crippen LogP contribution < -0.4 is 9.64 Å². The Balaban J connectivity index is 2.56. The summed E-state index contributed by atoms with van der Waals surface area (Å²) >= 11 is 0. The van der Waals surface area contributed by atoms with Gasteiger partial charge in [-0.3, -0.25) is 4.79 Å². The first kappa shape index (κ1) is 15.2. The van der Waals surface area contributed by atoms with Crippen molar-refractivity contribution in [1.29, 1.82) is 0 Å². The lowest BCUT2D eigenvalue weighted by atomic mass is 10.4. The van der Waals surface area contributed by atoms with Crippen LogP contribution in [0.2, 0.25) is 0 Å². The molecule has 0 aliphatic carbocycles. The van der Waals surface area contributed by atoms with Crippen molar-refractivity contribution >= 4 is 11.8 Å². The van der Waals surface area contributed by atoms with Crippen LogP contribution in [0.25, 0.3) is 0 Å². The molecule has 1 aromatic rings. The van der Waals surface area contributed by atoms with Crippen molar-refractivity contribution in [2.75, 3.05) is 25.1 Å². The second-order valence-electron chi connectivity index (χ2n) is 4.36. The fourth-order valence-corrected chi connectivity index (χ4v) is 1.45. The lowest BCUT2D eigenvalue weighted by molar-refractivity contribution is -0.142. The highest BCUT2D eigenvalue weighted by atomic mass is 16.5. The normalized spacial score (nSPS) is 10.4. The van der Waals surface area contributed by atoms with Gasteiger partial charge in [0.25, 0.3) is 0 Å². The van der Waals surface area contributed by atoms with Crippen LogP contribution in [0.15, 0.2) is 12.4 Å². The second-order valence-corrected chi connectivity index (χ2v) is 4.36. The third-order valence-electron chi connectivity index (χ3n) is 2.33. The third kappa shape index (κ3) is 5.54. The van der Waals surface area contributed by atoms with Crippen molar-refractivity contribution < 1.29 is 14.3 Å². The molecule has 0 atom stereocenters. The molecule has 106 valence electrons. The lowest BCUT2D eigenvalue weighted by Crippen LogP contribution is -2.23. The monoisotopic (exact) mass is 267 g/mol. The van der Waals surface area contributed by atoms with Crippen LogP contribution in [0.4, 0.5) is 5.82 Å². The standard InChI is InChI=1S/C13H21N3O3/c1-5-18-13(17)6-7-16(4)11-8-12(15-9-14-11)19-10(2)3/h8-10H,5-7H2,1-4H3. The zero-order valence-corrected chi connectivity index (χ0v) is 11.9. The van der Waals surface area contributed by atoms with Gasteiger partial charge >= 0.3 is 5.97 Å². The van der Waals surface area contributed by atoms with Crippen LogP contribution in [-0.4, -0.2) is 42.2 Å². The minimum atomic E-state index is -0.206. The summed E-state index contributed by atoms with van der Waals surface area (Å²) in [6, 6.07) is 1.76. The molecule has 0 aliphatic rings. The number of ether oxygens (including phenoxy) is 2. The number of aromatic nitrogens is 2. The van der Waals surface area contributed by atoms with E-state index in [2.05, 4.69) is 9.97 Å². The van der Waals surface area contributed by atoms with Crippen molar-refractivity contribution in [1.82, 2.24) is 9.97 Å². The summed E-state index contributed by atoms with van der Waals surface area (Å²) in [5.74, 6) is 1.04. The Bertz CT molecular complexity index is 410. The first-order valence-corrected chi connectivity index (χ1v) is 6.38. The van der Waals surface area contributed by atoms with Crippen LogP contribution in [0.3, 0.4) is 0 Å². The molecule has 0 saturated carbocycles. The van der Waals surface area contributed by atoms with Gasteiger partial charge in [0.15, 0.2) is 0 Å². The average molecular weight is 267 g/mol. The van der Waals surface area contributed by atoms with E-state index in [4.69, 9.17) is 9.47 Å². The van der Waals surface area contributed by atoms with Crippen molar-refractivity contribution in [3.05, 3.63) is 12.4 Å². The highest BCUT2D eigenvalue weighted by Crippen LogP contribution is 2.15. The quantitative estimate of drug-likeness (QED) is 0.700. The van der Waals surface area contributed by atoms with Crippen molar-refractivity contribution in [3.8, 4) is 5.88 Å². The maximum atomic E-state index is 11.3. The molecule has 1 rings (SSSR count). The van der Waals surface area contributed by atoms with Crippen molar-refractivity contribution in [3.63, 3.8) is 0 Å². The molecule has 0 aromatic carbocycles. The van der Waals surface area contributed by atoms with Crippen LogP contribution >= 0.6 is 0 Å². The molecule has 1 heterocycles. The molecule has 0 bridgehead atoms. The molecule has 6 heteroatoms. The number of esters is 1. The molecule has 0 spiro atoms. The maximum Gasteiger partial charge on any atom is 0.307 e. The van der Waals surface area contributed by atoms with Gasteiger partial charge in [-0.15, -0.1) is 0 Å². The molecule has 0 aliphatic heterocycles. The Morgan fingerprint density at radius 2 is 2.16 bits per heavy atom. The van der Waals surface area contributed by atoms with Gasteiger partial charge < -0.3 is 14.4 Å². The molecule has 19 heavy (non-hydrogen) atoms. The fraction of sp³-hybridized carbons (Fsp3) is 0.615. The van der Waals surface area contributed by atoms with Crippen LogP contribution in [0, 0.1) is 0 Å². The Labute approximate surface area is 113 Å². The van der Waals surface area contributed by atoms with Crippen LogP contribution in [0.1, 0.15) is 27.2 Å². The topological polar surface area (TPSA) is 64.5 Å². The summed E-state index contributed by atoms with van der Waals surface area (Å²) in [6.45, 7) is 6.61. The zero-order valence-electron chi connectivity index (χ0n) is 11.9. The van der Waals surface area contributed by atoms with Gasteiger partial charge in [-0.2, -0.15) is 0 Å². The predicted molar refractivity (Wildman–Crippen MR) is 72.3 cm³/mol. The zero-order chi connectivity index (χ0) is 14.3. The number of carbonyl (C=O) groups is 1. The van der Waals surface area contributed by atoms with E-state index in [9.17, 15) is 4.79 Å². The van der Waals surface area contributed by atoms with Crippen LogP contribution in [-0.2, 0) is 9.53 Å². The first-order chi connectivity index (χ1) is 9.02. The highest BCUT2D eigenvalue weighted by Gasteiger charge is 2.09. The van der Waals surface area contributed by atoms with E-state index in [-0.39, 0.29) is 12.1 Å². The largest absolute Gasteiger partial charge is 0.475 e. The third-order valence-corrected chi connectivity index (χ3v) is 2.33. The SMILES string of the molecule is CCOC(=O)CCN(C)c1cc(OC(C)C)ncn1. The molecule has 0 saturated heterocycles. The molecule has 0 radical (unpaired) electrons. The van der Waals surface area contributed by atoms with E-state index in [0.717, 1.165) is 5.82 Å². The number of nitrogens with zero attached hydrogens (tertiary/aromatic N) is 3. The molecule has 1 aromatic heterocycles. The highest BCUT2D eigenvalue weighted by molar-refractivity contribution is 5.70. The van der Waals surface area contributed by atoms with E-state index in [1.165, 1.54) is 6.33 Å². The van der Waals surface area contributed by atoms with Gasteiger partial charge in [0.2, 0.25) is 5.88 Å². The van der Waals surface area contributed by atoms with Gasteiger partial charge in [0.1, 0.15) is 12.1 Å². The fourth-order valence-electron chi connectivity index (χ4n) is 1.45. The van der Waals surface area contributed by atoms with E-state index >= 15 is 0 Å². The van der Waals surface area contributed by atoms with Gasteiger partial charge in [-0.05, 0) is 20.8 Å². The molecular weight excluding hydrogens is 246 g/mol. The summed E-state index contributed by atoms with van der Waals surface area (Å²) < 4.78 is 10.4. The number of carbonyl (C=O) groups excluding carboxylic acids is 1. The van der Waals surface area contributed by atoms with Gasteiger partial charge in [-0.1, -0.05) is 0 Å². The van der Waals surface area contributed by atoms with Gasteiger partial charge in [-0.25, -0.2) is 9.97 Å². The smallest absolute Gasteiger partial charge is 0.307 e. The average Bonchev–Trinajstić information content (AvgIpc) is 2.36. The molecular formula is C13H21N3O3. The van der Waals surface area contributed by atoms with Gasteiger partial charge in [0, 0.05) is 19.7 Å². The molecule has 0 fully saturated rings. The Morgan fingerprint density at radius 1 is 1.42 bits per heavy atom. The van der Waals surface area contributed by atoms with E-state index < -0.39 is 0 Å². The summed E-state index contributed by atoms with van der Waals surface area (Å²) in [6.07, 6.45) is 1.84. The number of rotatable bonds is 7. The summed E-state index contributed by atoms with van der Waals surface area (Å²) in [5.41, 5.74) is 0. The number of anilines is 1. The summed E-state index contributed by atoms with van der Waals surface area (Å²) in [7, 11) is 1.86. The molecule has 6 nitrogen and oxygen atoms in total. The molecule has 0 N–H and O–H groups in total. The summed E-state index contributed by atoms with van der Waals surface area (Å²) in [4.78, 5) is 21.3.